The van der Waals surface area contributed by atoms with Crippen molar-refractivity contribution in [1.29, 1.82) is 0 Å². The topological polar surface area (TPSA) is 55.4 Å². The largest absolute Gasteiger partial charge is 0.467 e. The molecule has 0 fully saturated rings. The van der Waals surface area contributed by atoms with Crippen LogP contribution in [0.5, 0.6) is 0 Å². The van der Waals surface area contributed by atoms with E-state index >= 15 is 0 Å². The molecular formula is C14H17NO3. The number of rotatable bonds is 5. The van der Waals surface area contributed by atoms with Crippen molar-refractivity contribution >= 4 is 11.9 Å². The van der Waals surface area contributed by atoms with Crippen LogP contribution >= 0.6 is 0 Å². The first-order chi connectivity index (χ1) is 8.69. The molecule has 0 saturated carbocycles. The molecule has 1 atom stereocenters. The highest BCUT2D eigenvalue weighted by Gasteiger charge is 2.20. The highest BCUT2D eigenvalue weighted by Crippen LogP contribution is 2.02. The summed E-state index contributed by atoms with van der Waals surface area (Å²) in [7, 11) is 1.31. The number of esters is 1. The molecular weight excluding hydrogens is 230 g/mol. The summed E-state index contributed by atoms with van der Waals surface area (Å²) in [6.45, 7) is 1.85. The van der Waals surface area contributed by atoms with Crippen LogP contribution in [0.15, 0.2) is 42.5 Å². The minimum Gasteiger partial charge on any atom is -0.467 e. The summed E-state index contributed by atoms with van der Waals surface area (Å²) in [5, 5.41) is 2.65. The number of carbonyl (C=O) groups excluding carboxylic acids is 2. The average molecular weight is 247 g/mol. The number of hydrogen-bond acceptors (Lipinski definition) is 3. The van der Waals surface area contributed by atoms with Gasteiger partial charge in [-0.2, -0.15) is 0 Å². The molecule has 0 bridgehead atoms. The maximum absolute atomic E-state index is 11.9. The maximum atomic E-state index is 11.9. The molecule has 1 aromatic rings. The SMILES string of the molecule is C/C=C/C[C@H](NC(=O)c1ccccc1)C(=O)OC. The first-order valence-electron chi connectivity index (χ1n) is 5.74. The van der Waals surface area contributed by atoms with Crippen LogP contribution in [0.4, 0.5) is 0 Å². The molecule has 1 amide bonds. The maximum Gasteiger partial charge on any atom is 0.328 e. The average Bonchev–Trinajstić information content (AvgIpc) is 2.43. The van der Waals surface area contributed by atoms with Crippen LogP contribution in [-0.2, 0) is 9.53 Å². The van der Waals surface area contributed by atoms with Crippen molar-refractivity contribution in [1.82, 2.24) is 5.32 Å². The molecule has 0 radical (unpaired) electrons. The Labute approximate surface area is 107 Å². The van der Waals surface area contributed by atoms with Crippen LogP contribution in [0.2, 0.25) is 0 Å². The fourth-order valence-corrected chi connectivity index (χ4v) is 1.46. The number of amides is 1. The normalized spacial score (nSPS) is 12.1. The molecule has 4 nitrogen and oxygen atoms in total. The first kappa shape index (κ1) is 14.0. The molecule has 0 spiro atoms. The van der Waals surface area contributed by atoms with E-state index in [1.54, 1.807) is 24.3 Å². The molecule has 1 rings (SSSR count). The predicted molar refractivity (Wildman–Crippen MR) is 69.1 cm³/mol. The zero-order valence-corrected chi connectivity index (χ0v) is 10.6. The van der Waals surface area contributed by atoms with Crippen molar-refractivity contribution in [2.45, 2.75) is 19.4 Å². The van der Waals surface area contributed by atoms with Gasteiger partial charge in [-0.05, 0) is 25.5 Å². The lowest BCUT2D eigenvalue weighted by Gasteiger charge is -2.14. The van der Waals surface area contributed by atoms with Gasteiger partial charge in [-0.25, -0.2) is 4.79 Å². The van der Waals surface area contributed by atoms with Crippen molar-refractivity contribution in [3.8, 4) is 0 Å². The van der Waals surface area contributed by atoms with Gasteiger partial charge in [0, 0.05) is 5.56 Å². The molecule has 18 heavy (non-hydrogen) atoms. The van der Waals surface area contributed by atoms with Gasteiger partial charge in [0.1, 0.15) is 6.04 Å². The lowest BCUT2D eigenvalue weighted by Crippen LogP contribution is -2.41. The van der Waals surface area contributed by atoms with Crippen LogP contribution in [0.1, 0.15) is 23.7 Å². The summed E-state index contributed by atoms with van der Waals surface area (Å²) >= 11 is 0. The van der Waals surface area contributed by atoms with Gasteiger partial charge in [0.15, 0.2) is 0 Å². The van der Waals surface area contributed by atoms with E-state index in [2.05, 4.69) is 10.1 Å². The zero-order valence-electron chi connectivity index (χ0n) is 10.6. The van der Waals surface area contributed by atoms with E-state index in [0.29, 0.717) is 12.0 Å². The minimum atomic E-state index is -0.654. The number of ether oxygens (including phenoxy) is 1. The Balaban J connectivity index is 2.71. The monoisotopic (exact) mass is 247 g/mol. The van der Waals surface area contributed by atoms with Crippen molar-refractivity contribution in [3.05, 3.63) is 48.0 Å². The van der Waals surface area contributed by atoms with Gasteiger partial charge in [-0.3, -0.25) is 4.79 Å². The Morgan fingerprint density at radius 2 is 2.00 bits per heavy atom. The van der Waals surface area contributed by atoms with Crippen LogP contribution in [0, 0.1) is 0 Å². The number of carbonyl (C=O) groups is 2. The Bertz CT molecular complexity index is 426. The second kappa shape index (κ2) is 7.27. The molecule has 0 aliphatic carbocycles. The summed E-state index contributed by atoms with van der Waals surface area (Å²) < 4.78 is 4.66. The molecule has 0 aliphatic rings. The summed E-state index contributed by atoms with van der Waals surface area (Å²) in [6.07, 6.45) is 4.05. The molecule has 4 heteroatoms. The van der Waals surface area contributed by atoms with Gasteiger partial charge in [-0.15, -0.1) is 0 Å². The third-order valence-corrected chi connectivity index (χ3v) is 2.43. The van der Waals surface area contributed by atoms with Crippen LogP contribution in [-0.4, -0.2) is 25.0 Å². The fraction of sp³-hybridized carbons (Fsp3) is 0.286. The Morgan fingerprint density at radius 3 is 2.56 bits per heavy atom. The first-order valence-corrected chi connectivity index (χ1v) is 5.74. The smallest absolute Gasteiger partial charge is 0.328 e. The number of nitrogens with one attached hydrogen (secondary N) is 1. The minimum absolute atomic E-state index is 0.282. The van der Waals surface area contributed by atoms with Crippen molar-refractivity contribution in [3.63, 3.8) is 0 Å². The number of benzene rings is 1. The third kappa shape index (κ3) is 4.05. The lowest BCUT2D eigenvalue weighted by molar-refractivity contribution is -0.142. The number of methoxy groups -OCH3 is 1. The molecule has 1 N–H and O–H groups in total. The predicted octanol–water partition coefficient (Wildman–Crippen LogP) is 1.92. The molecule has 0 unspecified atom stereocenters. The standard InChI is InChI=1S/C14H17NO3/c1-3-4-10-12(14(17)18-2)15-13(16)11-8-6-5-7-9-11/h3-9,12H,10H2,1-2H3,(H,15,16)/b4-3+/t12-/m0/s1. The summed E-state index contributed by atoms with van der Waals surface area (Å²) in [6, 6.07) is 8.11. The third-order valence-electron chi connectivity index (χ3n) is 2.43. The van der Waals surface area contributed by atoms with E-state index in [4.69, 9.17) is 0 Å². The Morgan fingerprint density at radius 1 is 1.33 bits per heavy atom. The quantitative estimate of drug-likeness (QED) is 0.639. The zero-order chi connectivity index (χ0) is 13.4. The molecule has 0 aliphatic heterocycles. The van der Waals surface area contributed by atoms with E-state index < -0.39 is 12.0 Å². The van der Waals surface area contributed by atoms with Crippen LogP contribution in [0.25, 0.3) is 0 Å². The summed E-state index contributed by atoms with van der Waals surface area (Å²) in [4.78, 5) is 23.4. The molecule has 0 aromatic heterocycles. The van der Waals surface area contributed by atoms with Crippen LogP contribution < -0.4 is 5.32 Å². The molecule has 96 valence electrons. The van der Waals surface area contributed by atoms with Crippen molar-refractivity contribution in [2.75, 3.05) is 7.11 Å². The van der Waals surface area contributed by atoms with Gasteiger partial charge < -0.3 is 10.1 Å². The van der Waals surface area contributed by atoms with E-state index in [0.717, 1.165) is 0 Å². The molecule has 1 aromatic carbocycles. The van der Waals surface area contributed by atoms with Crippen molar-refractivity contribution in [2.24, 2.45) is 0 Å². The van der Waals surface area contributed by atoms with Crippen molar-refractivity contribution < 1.29 is 14.3 Å². The Kier molecular flexibility index (Phi) is 5.64. The highest BCUT2D eigenvalue weighted by molar-refractivity contribution is 5.96. The van der Waals surface area contributed by atoms with E-state index in [1.165, 1.54) is 7.11 Å². The van der Waals surface area contributed by atoms with Gasteiger partial charge in [0.25, 0.3) is 5.91 Å². The summed E-state index contributed by atoms with van der Waals surface area (Å²) in [5.41, 5.74) is 0.520. The van der Waals surface area contributed by atoms with Gasteiger partial charge in [0.2, 0.25) is 0 Å². The van der Waals surface area contributed by atoms with E-state index in [1.807, 2.05) is 25.1 Å². The second-order valence-corrected chi connectivity index (χ2v) is 3.72. The molecule has 0 saturated heterocycles. The van der Waals surface area contributed by atoms with Gasteiger partial charge in [-0.1, -0.05) is 30.4 Å². The van der Waals surface area contributed by atoms with Crippen LogP contribution in [0.3, 0.4) is 0 Å². The fourth-order valence-electron chi connectivity index (χ4n) is 1.46. The number of allylic oxidation sites excluding steroid dienone is 1. The summed E-state index contributed by atoms with van der Waals surface area (Å²) in [5.74, 6) is -0.729. The number of hydrogen-bond donors (Lipinski definition) is 1. The second-order valence-electron chi connectivity index (χ2n) is 3.72. The Hall–Kier alpha value is -2.10. The van der Waals surface area contributed by atoms with E-state index in [9.17, 15) is 9.59 Å². The highest BCUT2D eigenvalue weighted by atomic mass is 16.5. The lowest BCUT2D eigenvalue weighted by atomic mass is 10.1. The molecule has 0 heterocycles. The van der Waals surface area contributed by atoms with E-state index in [-0.39, 0.29) is 5.91 Å². The van der Waals surface area contributed by atoms with Gasteiger partial charge in [0.05, 0.1) is 7.11 Å². The van der Waals surface area contributed by atoms with Gasteiger partial charge >= 0.3 is 5.97 Å².